The number of rotatable bonds is 3. The molecule has 0 spiro atoms. The van der Waals surface area contributed by atoms with E-state index in [-0.39, 0.29) is 63.7 Å². The van der Waals surface area contributed by atoms with Crippen LogP contribution in [0.4, 0.5) is 0 Å². The fourth-order valence-corrected chi connectivity index (χ4v) is 5.71. The Labute approximate surface area is 193 Å². The SMILES string of the molecule is CC1(C)CC(=O)C(C(C2=C(O)CC(C)(C)CC2=O)c2cc(Br)c(O)c(Br)c2)=C(O)C1. The quantitative estimate of drug-likeness (QED) is 0.411. The van der Waals surface area contributed by atoms with Crippen LogP contribution in [0.2, 0.25) is 0 Å². The lowest BCUT2D eigenvalue weighted by molar-refractivity contribution is -0.119. The van der Waals surface area contributed by atoms with Crippen molar-refractivity contribution in [1.29, 1.82) is 0 Å². The minimum Gasteiger partial charge on any atom is -0.512 e. The lowest BCUT2D eigenvalue weighted by atomic mass is 9.67. The third kappa shape index (κ3) is 4.37. The highest BCUT2D eigenvalue weighted by atomic mass is 79.9. The van der Waals surface area contributed by atoms with Gasteiger partial charge < -0.3 is 15.3 Å². The van der Waals surface area contributed by atoms with Crippen LogP contribution in [0, 0.1) is 10.8 Å². The Morgan fingerprint density at radius 1 is 0.767 bits per heavy atom. The molecule has 0 aliphatic heterocycles. The molecule has 0 bridgehead atoms. The van der Waals surface area contributed by atoms with Crippen molar-refractivity contribution in [2.24, 2.45) is 10.8 Å². The van der Waals surface area contributed by atoms with Gasteiger partial charge in [-0.05, 0) is 60.4 Å². The number of carbonyl (C=O) groups is 2. The van der Waals surface area contributed by atoms with Crippen LogP contribution in [0.1, 0.15) is 64.9 Å². The zero-order valence-electron chi connectivity index (χ0n) is 17.5. The molecule has 0 fully saturated rings. The van der Waals surface area contributed by atoms with Crippen LogP contribution < -0.4 is 0 Å². The maximum atomic E-state index is 13.1. The Hall–Kier alpha value is -1.60. The van der Waals surface area contributed by atoms with E-state index in [1.165, 1.54) is 0 Å². The van der Waals surface area contributed by atoms with Gasteiger partial charge in [-0.2, -0.15) is 0 Å². The van der Waals surface area contributed by atoms with Crippen LogP contribution in [-0.4, -0.2) is 26.9 Å². The van der Waals surface area contributed by atoms with Crippen molar-refractivity contribution in [2.45, 2.75) is 59.3 Å². The average molecular weight is 542 g/mol. The maximum absolute atomic E-state index is 13.1. The largest absolute Gasteiger partial charge is 0.512 e. The van der Waals surface area contributed by atoms with Gasteiger partial charge in [0.2, 0.25) is 0 Å². The smallest absolute Gasteiger partial charge is 0.163 e. The fraction of sp³-hybridized carbons (Fsp3) is 0.478. The van der Waals surface area contributed by atoms with Crippen LogP contribution in [0.3, 0.4) is 0 Å². The number of allylic oxidation sites excluding steroid dienone is 4. The normalized spacial score (nSPS) is 21.6. The van der Waals surface area contributed by atoms with Crippen molar-refractivity contribution in [1.82, 2.24) is 0 Å². The van der Waals surface area contributed by atoms with Crippen LogP contribution in [0.25, 0.3) is 0 Å². The molecule has 7 heteroatoms. The number of aromatic hydroxyl groups is 1. The zero-order chi connectivity index (χ0) is 22.6. The Morgan fingerprint density at radius 2 is 1.13 bits per heavy atom. The van der Waals surface area contributed by atoms with E-state index in [0.717, 1.165) is 0 Å². The van der Waals surface area contributed by atoms with Crippen molar-refractivity contribution in [3.8, 4) is 5.75 Å². The second-order valence-electron chi connectivity index (χ2n) is 9.87. The summed E-state index contributed by atoms with van der Waals surface area (Å²) in [5.74, 6) is -1.52. The number of phenols is 1. The average Bonchev–Trinajstić information content (AvgIpc) is 2.54. The lowest BCUT2D eigenvalue weighted by Gasteiger charge is -2.36. The van der Waals surface area contributed by atoms with Gasteiger partial charge in [-0.3, -0.25) is 9.59 Å². The summed E-state index contributed by atoms with van der Waals surface area (Å²) >= 11 is 6.61. The predicted octanol–water partition coefficient (Wildman–Crippen LogP) is 6.40. The molecule has 5 nitrogen and oxygen atoms in total. The molecule has 0 radical (unpaired) electrons. The van der Waals surface area contributed by atoms with E-state index in [9.17, 15) is 24.9 Å². The standard InChI is InChI=1S/C23H26Br2O5/c1-22(2)7-14(26)19(15(27)8-22)18(11-5-12(24)21(30)13(25)6-11)20-16(28)9-23(3,4)10-17(20)29/h5-6,18,26,28,30H,7-10H2,1-4H3. The van der Waals surface area contributed by atoms with Gasteiger partial charge in [-0.15, -0.1) is 0 Å². The molecule has 0 atom stereocenters. The second-order valence-corrected chi connectivity index (χ2v) is 11.6. The van der Waals surface area contributed by atoms with Crippen molar-refractivity contribution in [3.63, 3.8) is 0 Å². The molecule has 3 N–H and O–H groups in total. The van der Waals surface area contributed by atoms with Crippen molar-refractivity contribution < 1.29 is 24.9 Å². The Balaban J connectivity index is 2.29. The first-order chi connectivity index (χ1) is 13.7. The summed E-state index contributed by atoms with van der Waals surface area (Å²) < 4.78 is 0.758. The molecule has 2 aliphatic rings. The second kappa shape index (κ2) is 7.83. The molecule has 1 aromatic rings. The molecule has 0 unspecified atom stereocenters. The van der Waals surface area contributed by atoms with Crippen LogP contribution >= 0.6 is 31.9 Å². The molecule has 0 saturated carbocycles. The Bertz CT molecular complexity index is 926. The first kappa shape index (κ1) is 23.1. The fourth-order valence-electron chi connectivity index (χ4n) is 4.49. The van der Waals surface area contributed by atoms with Crippen molar-refractivity contribution in [3.05, 3.63) is 49.3 Å². The number of carbonyl (C=O) groups excluding carboxylic acids is 2. The van der Waals surface area contributed by atoms with E-state index in [4.69, 9.17) is 0 Å². The Morgan fingerprint density at radius 3 is 1.47 bits per heavy atom. The van der Waals surface area contributed by atoms with E-state index in [1.54, 1.807) is 12.1 Å². The van der Waals surface area contributed by atoms with E-state index in [2.05, 4.69) is 31.9 Å². The number of halogens is 2. The van der Waals surface area contributed by atoms with Gasteiger partial charge in [0.1, 0.15) is 17.3 Å². The van der Waals surface area contributed by atoms with E-state index in [1.807, 2.05) is 27.7 Å². The summed E-state index contributed by atoms with van der Waals surface area (Å²) in [6.07, 6.45) is 1.07. The third-order valence-electron chi connectivity index (χ3n) is 5.74. The van der Waals surface area contributed by atoms with Gasteiger partial charge in [-0.1, -0.05) is 27.7 Å². The molecule has 162 valence electrons. The number of ketones is 2. The van der Waals surface area contributed by atoms with Crippen molar-refractivity contribution in [2.75, 3.05) is 0 Å². The van der Waals surface area contributed by atoms with Crippen molar-refractivity contribution >= 4 is 43.4 Å². The van der Waals surface area contributed by atoms with Gasteiger partial charge in [-0.25, -0.2) is 0 Å². The number of aliphatic hydroxyl groups excluding tert-OH is 2. The molecular formula is C23H26Br2O5. The summed E-state index contributed by atoms with van der Waals surface area (Å²) in [5, 5.41) is 31.9. The van der Waals surface area contributed by atoms with Crippen LogP contribution in [0.5, 0.6) is 5.75 Å². The highest BCUT2D eigenvalue weighted by molar-refractivity contribution is 9.11. The highest BCUT2D eigenvalue weighted by Crippen LogP contribution is 2.49. The molecule has 0 saturated heterocycles. The van der Waals surface area contributed by atoms with E-state index < -0.39 is 5.92 Å². The molecule has 2 aliphatic carbocycles. The van der Waals surface area contributed by atoms with Gasteiger partial charge in [0.25, 0.3) is 0 Å². The summed E-state index contributed by atoms with van der Waals surface area (Å²) in [5.41, 5.74) is 0.0401. The molecule has 1 aromatic carbocycles. The number of Topliss-reactive ketones (excluding diaryl/α,β-unsaturated/α-hetero) is 2. The molecule has 0 amide bonds. The van der Waals surface area contributed by atoms with Crippen LogP contribution in [0.15, 0.2) is 43.7 Å². The summed E-state index contributed by atoms with van der Waals surface area (Å²) in [7, 11) is 0. The number of benzene rings is 1. The minimum absolute atomic E-state index is 0.0129. The number of hydrogen-bond donors (Lipinski definition) is 3. The maximum Gasteiger partial charge on any atom is 0.163 e. The van der Waals surface area contributed by atoms with Gasteiger partial charge in [0.05, 0.1) is 8.95 Å². The van der Waals surface area contributed by atoms with E-state index in [0.29, 0.717) is 27.4 Å². The number of phenolic OH excluding ortho intramolecular Hbond substituents is 1. The van der Waals surface area contributed by atoms with E-state index >= 15 is 0 Å². The summed E-state index contributed by atoms with van der Waals surface area (Å²) in [6, 6.07) is 3.23. The molecule has 3 rings (SSSR count). The molecule has 30 heavy (non-hydrogen) atoms. The Kier molecular flexibility index (Phi) is 6.02. The zero-order valence-corrected chi connectivity index (χ0v) is 20.6. The summed E-state index contributed by atoms with van der Waals surface area (Å²) in [6.45, 7) is 7.63. The minimum atomic E-state index is -0.912. The third-order valence-corrected chi connectivity index (χ3v) is 6.95. The topological polar surface area (TPSA) is 94.8 Å². The highest BCUT2D eigenvalue weighted by Gasteiger charge is 2.43. The summed E-state index contributed by atoms with van der Waals surface area (Å²) in [4.78, 5) is 26.3. The van der Waals surface area contributed by atoms with Gasteiger partial charge in [0.15, 0.2) is 11.6 Å². The molecular weight excluding hydrogens is 516 g/mol. The molecule has 0 heterocycles. The first-order valence-corrected chi connectivity index (χ1v) is 11.4. The first-order valence-electron chi connectivity index (χ1n) is 9.81. The molecule has 0 aromatic heterocycles. The monoisotopic (exact) mass is 540 g/mol. The van der Waals surface area contributed by atoms with Gasteiger partial charge >= 0.3 is 0 Å². The number of aliphatic hydroxyl groups is 2. The van der Waals surface area contributed by atoms with Gasteiger partial charge in [0, 0.05) is 42.7 Å². The number of hydrogen-bond acceptors (Lipinski definition) is 5. The predicted molar refractivity (Wildman–Crippen MR) is 122 cm³/mol. The lowest BCUT2D eigenvalue weighted by Crippen LogP contribution is -2.33. The van der Waals surface area contributed by atoms with Crippen LogP contribution in [-0.2, 0) is 9.59 Å².